The number of thiophene rings is 4. The Morgan fingerprint density at radius 2 is 0.541 bits per heavy atom. The third-order valence-corrected chi connectivity index (χ3v) is 22.7. The highest BCUT2D eigenvalue weighted by Crippen LogP contribution is 2.39. The van der Waals surface area contributed by atoms with Gasteiger partial charge in [-0.15, -0.1) is 45.3 Å². The normalized spacial score (nSPS) is 11.2. The first-order chi connectivity index (χ1) is 48.0. The zero-order valence-electron chi connectivity index (χ0n) is 55.6. The molecule has 21 rings (SSSR count). The molecule has 21 aromatic rings. The summed E-state index contributed by atoms with van der Waals surface area (Å²) in [5, 5.41) is 18.4. The Kier molecular flexibility index (Phi) is 18.0. The van der Waals surface area contributed by atoms with Crippen LogP contribution < -0.4 is 0 Å². The molecule has 0 atom stereocenters. The Bertz CT molecular complexity index is 6060. The van der Waals surface area contributed by atoms with Crippen LogP contribution in [0, 0.1) is 48.5 Å². The molecule has 0 amide bonds. The molecule has 0 bridgehead atoms. The molecule has 0 unspecified atom stereocenters. The number of furan rings is 3. The van der Waals surface area contributed by atoms with Crippen LogP contribution in [0.5, 0.6) is 0 Å². The van der Waals surface area contributed by atoms with E-state index in [0.717, 1.165) is 33.5 Å². The van der Waals surface area contributed by atoms with Crippen LogP contribution in [0.25, 0.3) is 147 Å². The zero-order chi connectivity index (χ0) is 66.8. The molecule has 0 saturated carbocycles. The summed E-state index contributed by atoms with van der Waals surface area (Å²) in [6, 6.07) is 104. The van der Waals surface area contributed by atoms with Gasteiger partial charge < -0.3 is 13.3 Å². The summed E-state index contributed by atoms with van der Waals surface area (Å²) in [5.41, 5.74) is 15.0. The number of hydrogen-bond donors (Lipinski definition) is 0. The number of benzene rings is 14. The lowest BCUT2D eigenvalue weighted by Crippen LogP contribution is -1.72. The summed E-state index contributed by atoms with van der Waals surface area (Å²) in [5.74, 6) is 0. The Morgan fingerprint density at radius 1 is 0.184 bits per heavy atom. The molecule has 7 aromatic heterocycles. The van der Waals surface area contributed by atoms with Crippen LogP contribution in [0.3, 0.4) is 0 Å². The van der Waals surface area contributed by atoms with Gasteiger partial charge in [-0.25, -0.2) is 0 Å². The molecule has 0 N–H and O–H groups in total. The van der Waals surface area contributed by atoms with Crippen LogP contribution in [0.4, 0.5) is 0 Å². The maximum absolute atomic E-state index is 5.73. The summed E-state index contributed by atoms with van der Waals surface area (Å²) in [7, 11) is 0. The van der Waals surface area contributed by atoms with Gasteiger partial charge in [0.05, 0.1) is 0 Å². The van der Waals surface area contributed by atoms with Gasteiger partial charge in [-0.2, -0.15) is 0 Å². The minimum atomic E-state index is 0.966. The Hall–Kier alpha value is -10.6. The fraction of sp³-hybridized carbons (Fsp3) is 0.0769. The molecule has 0 aliphatic carbocycles. The predicted octanol–water partition coefficient (Wildman–Crippen LogP) is 29.1. The fourth-order valence-electron chi connectivity index (χ4n) is 13.1. The van der Waals surface area contributed by atoms with E-state index in [1.54, 1.807) is 0 Å². The lowest BCUT2D eigenvalue weighted by Gasteiger charge is -1.95. The SMILES string of the molecule is Cc1ccc2c(c1)oc1ccccc12.Cc1ccc2c(c1)sc1ccccc12.Cc1ccc2oc3ccccc3c2c1.Cc1ccc2sc3ccccc3c2c1.Cc1cccc2c1sc1ccccc12.Cc1cccc2oc3ccccc3c12.Cc1cccc2sc3ccccc3c12. The monoisotopic (exact) mass is 1340 g/mol. The first-order valence-electron chi connectivity index (χ1n) is 33.1. The fourth-order valence-corrected chi connectivity index (χ4v) is 17.8. The van der Waals surface area contributed by atoms with Crippen molar-refractivity contribution >= 4 is 192 Å². The van der Waals surface area contributed by atoms with E-state index in [1.807, 2.05) is 118 Å². The standard InChI is InChI=1S/3C13H10O.4C13H10S/c1-9-5-4-8-12-13(9)10-6-2-3-7-11(10)14-12;1-9-6-7-13-11(8-9)10-4-2-3-5-12(10)14-13;1-9-6-7-11-10-4-2-3-5-12(10)14-13(11)8-9;1-9-5-4-7-11-10-6-2-3-8-12(10)14-13(9)11;1-9-5-4-8-12-13(9)10-6-2-3-7-11(10)14-12;1-9-6-7-13-11(8-9)10-4-2-3-5-12(10)14-13;1-9-6-7-11-10-4-2-3-5-12(10)14-13(11)8-9/h7*2-8H,1H3. The van der Waals surface area contributed by atoms with E-state index in [4.69, 9.17) is 13.3 Å². The molecule has 0 saturated heterocycles. The smallest absolute Gasteiger partial charge is 0.135 e. The van der Waals surface area contributed by atoms with Crippen molar-refractivity contribution in [3.8, 4) is 0 Å². The van der Waals surface area contributed by atoms with Gasteiger partial charge in [0.2, 0.25) is 0 Å². The largest absolute Gasteiger partial charge is 0.456 e. The third-order valence-electron chi connectivity index (χ3n) is 18.0. The quantitative estimate of drug-likeness (QED) is 0.152. The number of rotatable bonds is 0. The summed E-state index contributed by atoms with van der Waals surface area (Å²) in [6.45, 7) is 14.9. The molecule has 7 heterocycles. The van der Waals surface area contributed by atoms with Crippen LogP contribution >= 0.6 is 45.3 Å². The topological polar surface area (TPSA) is 39.4 Å². The van der Waals surface area contributed by atoms with Crippen LogP contribution in [0.1, 0.15) is 38.9 Å². The van der Waals surface area contributed by atoms with E-state index in [1.165, 1.54) is 152 Å². The van der Waals surface area contributed by atoms with Crippen molar-refractivity contribution in [2.75, 3.05) is 0 Å². The van der Waals surface area contributed by atoms with Crippen LogP contribution in [0.2, 0.25) is 0 Å². The predicted molar refractivity (Wildman–Crippen MR) is 432 cm³/mol. The van der Waals surface area contributed by atoms with Crippen molar-refractivity contribution in [1.29, 1.82) is 0 Å². The Morgan fingerprint density at radius 3 is 1.22 bits per heavy atom. The van der Waals surface area contributed by atoms with Crippen molar-refractivity contribution in [2.45, 2.75) is 48.5 Å². The maximum atomic E-state index is 5.73. The first kappa shape index (κ1) is 63.4. The second kappa shape index (κ2) is 27.8. The highest BCUT2D eigenvalue weighted by Gasteiger charge is 2.11. The molecule has 0 radical (unpaired) electrons. The molecule has 14 aromatic carbocycles. The third kappa shape index (κ3) is 13.0. The number of fused-ring (bicyclic) bond motifs is 21. The van der Waals surface area contributed by atoms with E-state index in [2.05, 4.69) is 273 Å². The second-order valence-corrected chi connectivity index (χ2v) is 29.3. The lowest BCUT2D eigenvalue weighted by atomic mass is 10.1. The average molecular weight is 1340 g/mol. The van der Waals surface area contributed by atoms with Gasteiger partial charge in [0.15, 0.2) is 0 Å². The van der Waals surface area contributed by atoms with Gasteiger partial charge in [-0.1, -0.05) is 217 Å². The van der Waals surface area contributed by atoms with Crippen molar-refractivity contribution < 1.29 is 13.3 Å². The van der Waals surface area contributed by atoms with Crippen LogP contribution in [0.15, 0.2) is 311 Å². The van der Waals surface area contributed by atoms with Crippen LogP contribution in [-0.4, -0.2) is 0 Å². The molecule has 98 heavy (non-hydrogen) atoms. The average Bonchev–Trinajstić information content (AvgIpc) is 1.93. The molecule has 0 spiro atoms. The van der Waals surface area contributed by atoms with Gasteiger partial charge in [0, 0.05) is 113 Å². The van der Waals surface area contributed by atoms with Gasteiger partial charge in [0.25, 0.3) is 0 Å². The van der Waals surface area contributed by atoms with Crippen LogP contribution in [-0.2, 0) is 0 Å². The summed E-state index contributed by atoms with van der Waals surface area (Å²) in [6.07, 6.45) is 0. The first-order valence-corrected chi connectivity index (χ1v) is 36.3. The van der Waals surface area contributed by atoms with E-state index < -0.39 is 0 Å². The molecule has 476 valence electrons. The van der Waals surface area contributed by atoms with E-state index in [9.17, 15) is 0 Å². The van der Waals surface area contributed by atoms with E-state index in [0.29, 0.717) is 0 Å². The summed E-state index contributed by atoms with van der Waals surface area (Å²) < 4.78 is 28.3. The van der Waals surface area contributed by atoms with Gasteiger partial charge >= 0.3 is 0 Å². The van der Waals surface area contributed by atoms with Gasteiger partial charge in [-0.05, 0) is 167 Å². The maximum Gasteiger partial charge on any atom is 0.135 e. The molecule has 7 heteroatoms. The van der Waals surface area contributed by atoms with Gasteiger partial charge in [-0.3, -0.25) is 0 Å². The lowest BCUT2D eigenvalue weighted by molar-refractivity contribution is 0.668. The second-order valence-electron chi connectivity index (χ2n) is 25.0. The molecule has 0 fully saturated rings. The molecule has 0 aliphatic heterocycles. The highest BCUT2D eigenvalue weighted by molar-refractivity contribution is 7.27. The Balaban J connectivity index is 0.0000000933. The Labute approximate surface area is 585 Å². The molecule has 0 aliphatic rings. The van der Waals surface area contributed by atoms with E-state index in [-0.39, 0.29) is 0 Å². The highest BCUT2D eigenvalue weighted by atomic mass is 32.1. The number of hydrogen-bond acceptors (Lipinski definition) is 7. The zero-order valence-corrected chi connectivity index (χ0v) is 58.9. The number of aryl methyl sites for hydroxylation is 7. The molecular formula is C91H70O3S4. The summed E-state index contributed by atoms with van der Waals surface area (Å²) >= 11 is 7.51. The van der Waals surface area contributed by atoms with E-state index >= 15 is 0 Å². The summed E-state index contributed by atoms with van der Waals surface area (Å²) in [4.78, 5) is 0. The van der Waals surface area contributed by atoms with Crippen molar-refractivity contribution in [3.05, 3.63) is 336 Å². The van der Waals surface area contributed by atoms with Gasteiger partial charge in [0.1, 0.15) is 33.5 Å². The molecule has 3 nitrogen and oxygen atoms in total. The molecular weight excluding hydrogens is 1270 g/mol. The van der Waals surface area contributed by atoms with Crippen molar-refractivity contribution in [3.63, 3.8) is 0 Å². The van der Waals surface area contributed by atoms with Crippen molar-refractivity contribution in [2.24, 2.45) is 0 Å². The number of para-hydroxylation sites is 3. The van der Waals surface area contributed by atoms with Crippen molar-refractivity contribution in [1.82, 2.24) is 0 Å². The minimum absolute atomic E-state index is 0.966. The minimum Gasteiger partial charge on any atom is -0.456 e.